The van der Waals surface area contributed by atoms with Crippen LogP contribution < -0.4 is 5.32 Å². The summed E-state index contributed by atoms with van der Waals surface area (Å²) in [4.78, 5) is 23.8. The Morgan fingerprint density at radius 1 is 0.800 bits per heavy atom. The number of esters is 1. The van der Waals surface area contributed by atoms with Crippen LogP contribution in [0.1, 0.15) is 29.0 Å². The first-order valence-corrected chi connectivity index (χ1v) is 9.99. The fourth-order valence-electron chi connectivity index (χ4n) is 3.22. The van der Waals surface area contributed by atoms with Gasteiger partial charge in [-0.2, -0.15) is 0 Å². The van der Waals surface area contributed by atoms with Gasteiger partial charge in [0.2, 0.25) is 0 Å². The quantitative estimate of drug-likeness (QED) is 0.423. The smallest absolute Gasteiger partial charge is 0.331 e. The molecule has 0 aliphatic carbocycles. The Hall–Kier alpha value is -3.66. The van der Waals surface area contributed by atoms with Gasteiger partial charge < -0.3 is 10.1 Å². The Morgan fingerprint density at radius 2 is 1.33 bits per heavy atom. The average molecular weight is 399 g/mol. The number of ether oxygens (including phenoxy) is 1. The van der Waals surface area contributed by atoms with Crippen LogP contribution in [0.4, 0.5) is 0 Å². The third-order valence-corrected chi connectivity index (χ3v) is 4.72. The number of amides is 1. The minimum atomic E-state index is -0.541. The summed E-state index contributed by atoms with van der Waals surface area (Å²) in [7, 11) is 0. The van der Waals surface area contributed by atoms with Crippen molar-refractivity contribution in [2.45, 2.75) is 12.3 Å². The summed E-state index contributed by atoms with van der Waals surface area (Å²) < 4.78 is 5.01. The van der Waals surface area contributed by atoms with Gasteiger partial charge in [-0.05, 0) is 29.2 Å². The number of carbonyl (C=O) groups is 2. The van der Waals surface area contributed by atoms with Crippen molar-refractivity contribution in [2.24, 2.45) is 0 Å². The zero-order valence-electron chi connectivity index (χ0n) is 16.7. The van der Waals surface area contributed by atoms with Gasteiger partial charge in [0.25, 0.3) is 5.91 Å². The summed E-state index contributed by atoms with van der Waals surface area (Å²) in [6, 6.07) is 29.9. The van der Waals surface area contributed by atoms with Gasteiger partial charge in [0.15, 0.2) is 6.61 Å². The molecule has 1 N–H and O–H groups in total. The van der Waals surface area contributed by atoms with Crippen molar-refractivity contribution in [3.63, 3.8) is 0 Å². The molecule has 0 saturated heterocycles. The molecule has 0 aliphatic rings. The minimum absolute atomic E-state index is 0.184. The molecule has 0 bridgehead atoms. The maximum atomic E-state index is 12.1. The summed E-state index contributed by atoms with van der Waals surface area (Å²) in [5.41, 5.74) is 3.30. The Kier molecular flexibility index (Phi) is 7.98. The van der Waals surface area contributed by atoms with E-state index in [2.05, 4.69) is 29.6 Å². The minimum Gasteiger partial charge on any atom is -0.452 e. The number of benzene rings is 3. The van der Waals surface area contributed by atoms with Crippen LogP contribution in [0.25, 0.3) is 6.08 Å². The largest absolute Gasteiger partial charge is 0.452 e. The highest BCUT2D eigenvalue weighted by molar-refractivity contribution is 5.89. The first-order chi connectivity index (χ1) is 14.7. The molecule has 152 valence electrons. The highest BCUT2D eigenvalue weighted by Crippen LogP contribution is 2.27. The molecular formula is C26H25NO3. The fraction of sp³-hybridized carbons (Fsp3) is 0.154. The number of nitrogens with one attached hydrogen (secondary N) is 1. The van der Waals surface area contributed by atoms with Crippen LogP contribution in [-0.4, -0.2) is 25.0 Å². The SMILES string of the molecule is O=C(COC(=O)/C=C/c1ccccc1)NCCC(c1ccccc1)c1ccccc1. The van der Waals surface area contributed by atoms with Crippen LogP contribution in [0.3, 0.4) is 0 Å². The van der Waals surface area contributed by atoms with Crippen LogP contribution in [0, 0.1) is 0 Å². The molecule has 0 fully saturated rings. The lowest BCUT2D eigenvalue weighted by Gasteiger charge is -2.18. The molecule has 3 aromatic rings. The van der Waals surface area contributed by atoms with E-state index < -0.39 is 5.97 Å². The molecule has 0 aliphatic heterocycles. The molecule has 0 spiro atoms. The summed E-state index contributed by atoms with van der Waals surface area (Å²) in [6.07, 6.45) is 3.73. The van der Waals surface area contributed by atoms with Crippen LogP contribution in [0.15, 0.2) is 97.1 Å². The highest BCUT2D eigenvalue weighted by atomic mass is 16.5. The standard InChI is InChI=1S/C26H25NO3/c28-25(20-30-26(29)17-16-21-10-4-1-5-11-21)27-19-18-24(22-12-6-2-7-13-22)23-14-8-3-9-15-23/h1-17,24H,18-20H2,(H,27,28)/b17-16+. The summed E-state index contributed by atoms with van der Waals surface area (Å²) >= 11 is 0. The summed E-state index contributed by atoms with van der Waals surface area (Å²) in [5.74, 6) is -0.666. The Morgan fingerprint density at radius 3 is 1.90 bits per heavy atom. The van der Waals surface area contributed by atoms with Gasteiger partial charge in [-0.1, -0.05) is 91.0 Å². The van der Waals surface area contributed by atoms with Crippen molar-refractivity contribution in [3.05, 3.63) is 114 Å². The van der Waals surface area contributed by atoms with Crippen LogP contribution in [0.2, 0.25) is 0 Å². The van der Waals surface area contributed by atoms with Crippen molar-refractivity contribution < 1.29 is 14.3 Å². The molecular weight excluding hydrogens is 374 g/mol. The van der Waals surface area contributed by atoms with Gasteiger partial charge in [0, 0.05) is 18.5 Å². The topological polar surface area (TPSA) is 55.4 Å². The van der Waals surface area contributed by atoms with Gasteiger partial charge >= 0.3 is 5.97 Å². The molecule has 3 aromatic carbocycles. The maximum absolute atomic E-state index is 12.1. The van der Waals surface area contributed by atoms with Crippen molar-refractivity contribution in [2.75, 3.05) is 13.2 Å². The number of rotatable bonds is 9. The van der Waals surface area contributed by atoms with E-state index in [-0.39, 0.29) is 18.4 Å². The molecule has 0 unspecified atom stereocenters. The molecule has 0 atom stereocenters. The van der Waals surface area contributed by atoms with Crippen molar-refractivity contribution in [1.82, 2.24) is 5.32 Å². The van der Waals surface area contributed by atoms with Gasteiger partial charge in [-0.3, -0.25) is 4.79 Å². The van der Waals surface area contributed by atoms with Gasteiger partial charge in [-0.15, -0.1) is 0 Å². The number of carbonyl (C=O) groups excluding carboxylic acids is 2. The van der Waals surface area contributed by atoms with Gasteiger partial charge in [0.05, 0.1) is 0 Å². The molecule has 4 heteroatoms. The van der Waals surface area contributed by atoms with E-state index in [1.165, 1.54) is 17.2 Å². The van der Waals surface area contributed by atoms with E-state index in [1.54, 1.807) is 6.08 Å². The number of hydrogen-bond acceptors (Lipinski definition) is 3. The molecule has 0 radical (unpaired) electrons. The van der Waals surface area contributed by atoms with Crippen LogP contribution in [0.5, 0.6) is 0 Å². The zero-order chi connectivity index (χ0) is 21.0. The molecule has 0 saturated carbocycles. The first kappa shape index (κ1) is 21.1. The van der Waals surface area contributed by atoms with Crippen molar-refractivity contribution in [1.29, 1.82) is 0 Å². The summed E-state index contributed by atoms with van der Waals surface area (Å²) in [5, 5.41) is 2.84. The van der Waals surface area contributed by atoms with E-state index >= 15 is 0 Å². The molecule has 1 amide bonds. The third kappa shape index (κ3) is 6.74. The van der Waals surface area contributed by atoms with Crippen molar-refractivity contribution in [3.8, 4) is 0 Å². The van der Waals surface area contributed by atoms with Gasteiger partial charge in [0.1, 0.15) is 0 Å². The molecule has 0 aromatic heterocycles. The normalized spacial score (nSPS) is 10.8. The van der Waals surface area contributed by atoms with E-state index in [0.717, 1.165) is 12.0 Å². The second kappa shape index (κ2) is 11.4. The van der Waals surface area contributed by atoms with E-state index in [0.29, 0.717) is 6.54 Å². The van der Waals surface area contributed by atoms with Crippen LogP contribution >= 0.6 is 0 Å². The van der Waals surface area contributed by atoms with E-state index in [9.17, 15) is 9.59 Å². The second-order valence-electron chi connectivity index (χ2n) is 6.86. The Bertz CT molecular complexity index is 914. The predicted octanol–water partition coefficient (Wildman–Crippen LogP) is 4.58. The third-order valence-electron chi connectivity index (χ3n) is 4.72. The summed E-state index contributed by atoms with van der Waals surface area (Å²) in [6.45, 7) is 0.198. The lowest BCUT2D eigenvalue weighted by Crippen LogP contribution is -2.30. The molecule has 30 heavy (non-hydrogen) atoms. The van der Waals surface area contributed by atoms with Crippen LogP contribution in [-0.2, 0) is 14.3 Å². The Labute approximate surface area is 177 Å². The molecule has 0 heterocycles. The average Bonchev–Trinajstić information content (AvgIpc) is 2.81. The van der Waals surface area contributed by atoms with E-state index in [1.807, 2.05) is 66.7 Å². The maximum Gasteiger partial charge on any atom is 0.331 e. The van der Waals surface area contributed by atoms with E-state index in [4.69, 9.17) is 4.74 Å². The molecule has 3 rings (SSSR count). The van der Waals surface area contributed by atoms with Crippen molar-refractivity contribution >= 4 is 18.0 Å². The fourth-order valence-corrected chi connectivity index (χ4v) is 3.22. The predicted molar refractivity (Wildman–Crippen MR) is 119 cm³/mol. The lowest BCUT2D eigenvalue weighted by molar-refractivity contribution is -0.143. The number of hydrogen-bond donors (Lipinski definition) is 1. The zero-order valence-corrected chi connectivity index (χ0v) is 16.7. The first-order valence-electron chi connectivity index (χ1n) is 9.99. The van der Waals surface area contributed by atoms with Gasteiger partial charge in [-0.25, -0.2) is 4.79 Å². The second-order valence-corrected chi connectivity index (χ2v) is 6.86. The molecule has 4 nitrogen and oxygen atoms in total. The lowest BCUT2D eigenvalue weighted by atomic mass is 9.88. The Balaban J connectivity index is 1.46. The highest BCUT2D eigenvalue weighted by Gasteiger charge is 2.14. The monoisotopic (exact) mass is 399 g/mol.